The molecule has 0 saturated heterocycles. The van der Waals surface area contributed by atoms with Crippen LogP contribution >= 0.6 is 11.8 Å². The molecule has 2 aromatic carbocycles. The predicted molar refractivity (Wildman–Crippen MR) is 124 cm³/mol. The second-order valence-corrected chi connectivity index (χ2v) is 9.49. The Bertz CT molecular complexity index is 1070. The lowest BCUT2D eigenvalue weighted by Gasteiger charge is -2.29. The van der Waals surface area contributed by atoms with Crippen LogP contribution in [0.1, 0.15) is 86.5 Å². The number of unbranched alkanes of at least 4 members (excludes halogenated alkanes) is 2. The standard InChI is InChI=1S/C27H27F4NS/c1-3-4-5-6-18-7-9-20(10-8-18)21-12-11-19(17(2)15-21)13-14-22-23(28)25(30)27(33-16-32)26(31)24(22)29/h11-12,15,18,20H,3-10H2,1-2H3. The van der Waals surface area contributed by atoms with Gasteiger partial charge in [0, 0.05) is 5.56 Å². The normalized spacial score (nSPS) is 17.8. The third-order valence-corrected chi connectivity index (χ3v) is 7.13. The Balaban J connectivity index is 1.75. The van der Waals surface area contributed by atoms with Crippen molar-refractivity contribution >= 4 is 11.8 Å². The number of nitrogens with zero attached hydrogens (tertiary/aromatic N) is 1. The first kappa shape index (κ1) is 25.2. The van der Waals surface area contributed by atoms with Gasteiger partial charge in [-0.25, -0.2) is 17.6 Å². The van der Waals surface area contributed by atoms with Crippen molar-refractivity contribution < 1.29 is 17.6 Å². The molecule has 33 heavy (non-hydrogen) atoms. The molecule has 1 fully saturated rings. The van der Waals surface area contributed by atoms with E-state index in [1.54, 1.807) is 6.07 Å². The zero-order valence-electron chi connectivity index (χ0n) is 18.9. The Hall–Kier alpha value is -2.44. The van der Waals surface area contributed by atoms with Crippen molar-refractivity contribution in [2.45, 2.75) is 76.0 Å². The van der Waals surface area contributed by atoms with Crippen LogP contribution in [0.3, 0.4) is 0 Å². The molecule has 0 radical (unpaired) electrons. The summed E-state index contributed by atoms with van der Waals surface area (Å²) in [6.07, 6.45) is 9.98. The maximum atomic E-state index is 14.3. The Kier molecular flexibility index (Phi) is 8.87. The van der Waals surface area contributed by atoms with Gasteiger partial charge in [-0.15, -0.1) is 0 Å². The van der Waals surface area contributed by atoms with Gasteiger partial charge in [0.05, 0.1) is 4.90 Å². The van der Waals surface area contributed by atoms with Gasteiger partial charge in [-0.05, 0) is 73.4 Å². The first-order chi connectivity index (χ1) is 15.9. The van der Waals surface area contributed by atoms with E-state index in [4.69, 9.17) is 5.26 Å². The van der Waals surface area contributed by atoms with Crippen molar-refractivity contribution in [2.75, 3.05) is 0 Å². The van der Waals surface area contributed by atoms with Gasteiger partial charge >= 0.3 is 0 Å². The van der Waals surface area contributed by atoms with Gasteiger partial charge in [0.1, 0.15) is 11.0 Å². The summed E-state index contributed by atoms with van der Waals surface area (Å²) in [5.41, 5.74) is 1.65. The van der Waals surface area contributed by atoms with Crippen molar-refractivity contribution in [1.82, 2.24) is 0 Å². The zero-order valence-corrected chi connectivity index (χ0v) is 19.7. The van der Waals surface area contributed by atoms with E-state index in [1.165, 1.54) is 49.5 Å². The molecule has 1 aliphatic carbocycles. The van der Waals surface area contributed by atoms with E-state index in [0.29, 0.717) is 11.5 Å². The van der Waals surface area contributed by atoms with E-state index in [2.05, 4.69) is 18.8 Å². The molecule has 1 aliphatic rings. The van der Waals surface area contributed by atoms with E-state index < -0.39 is 33.7 Å². The molecule has 0 atom stereocenters. The molecule has 0 heterocycles. The van der Waals surface area contributed by atoms with Gasteiger partial charge in [-0.1, -0.05) is 56.6 Å². The van der Waals surface area contributed by atoms with Crippen LogP contribution in [-0.4, -0.2) is 0 Å². The van der Waals surface area contributed by atoms with Crippen molar-refractivity contribution in [3.63, 3.8) is 0 Å². The zero-order chi connectivity index (χ0) is 24.0. The SMILES string of the molecule is CCCCCC1CCC(c2ccc(C#Cc3c(F)c(F)c(SC#N)c(F)c3F)c(C)c2)CC1. The van der Waals surface area contributed by atoms with Gasteiger partial charge in [0.2, 0.25) is 0 Å². The number of hydrogen-bond acceptors (Lipinski definition) is 2. The largest absolute Gasteiger partial charge is 0.202 e. The number of aryl methyl sites for hydroxylation is 1. The monoisotopic (exact) mass is 473 g/mol. The van der Waals surface area contributed by atoms with E-state index in [9.17, 15) is 17.6 Å². The molecule has 2 aromatic rings. The fourth-order valence-corrected chi connectivity index (χ4v) is 4.98. The molecule has 0 N–H and O–H groups in total. The highest BCUT2D eigenvalue weighted by molar-refractivity contribution is 8.03. The Morgan fingerprint density at radius 3 is 2.18 bits per heavy atom. The van der Waals surface area contributed by atoms with E-state index in [1.807, 2.05) is 19.1 Å². The summed E-state index contributed by atoms with van der Waals surface area (Å²) in [6, 6.07) is 5.83. The third kappa shape index (κ3) is 5.92. The van der Waals surface area contributed by atoms with Crippen LogP contribution in [0.2, 0.25) is 0 Å². The molecule has 1 nitrogen and oxygen atoms in total. The van der Waals surface area contributed by atoms with Crippen LogP contribution in [0, 0.1) is 58.6 Å². The number of rotatable bonds is 6. The minimum absolute atomic E-state index is 0.0296. The Labute approximate surface area is 197 Å². The van der Waals surface area contributed by atoms with Crippen molar-refractivity contribution in [2.24, 2.45) is 5.92 Å². The summed E-state index contributed by atoms with van der Waals surface area (Å²) in [5, 5.41) is 10.0. The number of thioether (sulfide) groups is 1. The second-order valence-electron chi connectivity index (χ2n) is 8.69. The minimum Gasteiger partial charge on any atom is -0.202 e. The molecule has 1 saturated carbocycles. The second kappa shape index (κ2) is 11.6. The number of benzene rings is 2. The smallest absolute Gasteiger partial charge is 0.178 e. The van der Waals surface area contributed by atoms with Crippen LogP contribution in [0.25, 0.3) is 0 Å². The number of halogens is 4. The molecule has 6 heteroatoms. The molecule has 0 amide bonds. The molecule has 0 bridgehead atoms. The van der Waals surface area contributed by atoms with E-state index in [-0.39, 0.29) is 11.8 Å². The van der Waals surface area contributed by atoms with Crippen LogP contribution in [-0.2, 0) is 0 Å². The summed E-state index contributed by atoms with van der Waals surface area (Å²) < 4.78 is 56.6. The topological polar surface area (TPSA) is 23.8 Å². The average Bonchev–Trinajstić information content (AvgIpc) is 2.82. The van der Waals surface area contributed by atoms with Gasteiger partial charge in [0.15, 0.2) is 23.3 Å². The summed E-state index contributed by atoms with van der Waals surface area (Å²) in [6.45, 7) is 4.09. The maximum Gasteiger partial charge on any atom is 0.178 e. The van der Waals surface area contributed by atoms with Crippen LogP contribution in [0.15, 0.2) is 23.1 Å². The van der Waals surface area contributed by atoms with Crippen LogP contribution in [0.5, 0.6) is 0 Å². The maximum absolute atomic E-state index is 14.3. The minimum atomic E-state index is -1.61. The Morgan fingerprint density at radius 2 is 1.61 bits per heavy atom. The average molecular weight is 474 g/mol. The predicted octanol–water partition coefficient (Wildman–Crippen LogP) is 8.38. The third-order valence-electron chi connectivity index (χ3n) is 6.48. The molecular formula is C27H27F4NS. The lowest BCUT2D eigenvalue weighted by atomic mass is 9.76. The van der Waals surface area contributed by atoms with Gasteiger partial charge in [-0.2, -0.15) is 5.26 Å². The summed E-state index contributed by atoms with van der Waals surface area (Å²) in [4.78, 5) is -1.00. The van der Waals surface area contributed by atoms with E-state index >= 15 is 0 Å². The highest BCUT2D eigenvalue weighted by atomic mass is 32.2. The lowest BCUT2D eigenvalue weighted by molar-refractivity contribution is 0.303. The summed E-state index contributed by atoms with van der Waals surface area (Å²) in [5.74, 6) is -0.193. The number of nitriles is 1. The van der Waals surface area contributed by atoms with Gasteiger partial charge < -0.3 is 0 Å². The first-order valence-electron chi connectivity index (χ1n) is 11.4. The Morgan fingerprint density at radius 1 is 0.939 bits per heavy atom. The summed E-state index contributed by atoms with van der Waals surface area (Å²) >= 11 is 0.0296. The fourth-order valence-electron chi connectivity index (χ4n) is 4.53. The van der Waals surface area contributed by atoms with Crippen molar-refractivity contribution in [3.8, 4) is 17.2 Å². The quantitative estimate of drug-likeness (QED) is 0.105. The molecule has 3 rings (SSSR count). The number of thiocyanates is 1. The van der Waals surface area contributed by atoms with Crippen LogP contribution in [0.4, 0.5) is 17.6 Å². The van der Waals surface area contributed by atoms with Crippen molar-refractivity contribution in [1.29, 1.82) is 5.26 Å². The first-order valence-corrected chi connectivity index (χ1v) is 12.2. The molecule has 0 aromatic heterocycles. The highest BCUT2D eigenvalue weighted by Crippen LogP contribution is 2.38. The van der Waals surface area contributed by atoms with Gasteiger partial charge in [0.25, 0.3) is 0 Å². The van der Waals surface area contributed by atoms with Crippen LogP contribution < -0.4 is 0 Å². The highest BCUT2D eigenvalue weighted by Gasteiger charge is 2.25. The van der Waals surface area contributed by atoms with E-state index in [0.717, 1.165) is 24.3 Å². The summed E-state index contributed by atoms with van der Waals surface area (Å²) in [7, 11) is 0. The lowest BCUT2D eigenvalue weighted by Crippen LogP contribution is -2.13. The molecule has 174 valence electrons. The molecule has 0 aliphatic heterocycles. The van der Waals surface area contributed by atoms with Crippen molar-refractivity contribution in [3.05, 3.63) is 63.7 Å². The molecule has 0 spiro atoms. The number of hydrogen-bond donors (Lipinski definition) is 0. The van der Waals surface area contributed by atoms with Gasteiger partial charge in [-0.3, -0.25) is 0 Å². The fraction of sp³-hybridized carbons (Fsp3) is 0.444. The molecule has 0 unspecified atom stereocenters. The molecular weight excluding hydrogens is 446 g/mol.